The average molecular weight is 315 g/mol. The van der Waals surface area contributed by atoms with Gasteiger partial charge in [-0.3, -0.25) is 4.79 Å². The van der Waals surface area contributed by atoms with Crippen LogP contribution < -0.4 is 4.90 Å². The first-order chi connectivity index (χ1) is 11.2. The number of carbonyl (C=O) groups excluding carboxylic acids is 1. The van der Waals surface area contributed by atoms with Crippen LogP contribution in [0.2, 0.25) is 0 Å². The van der Waals surface area contributed by atoms with Crippen LogP contribution in [-0.2, 0) is 17.8 Å². The van der Waals surface area contributed by atoms with Crippen molar-refractivity contribution in [2.45, 2.75) is 44.7 Å². The summed E-state index contributed by atoms with van der Waals surface area (Å²) < 4.78 is 0. The molecule has 1 aromatic heterocycles. The fraction of sp³-hybridized carbons (Fsp3) is 0.706. The molecule has 0 bridgehead atoms. The summed E-state index contributed by atoms with van der Waals surface area (Å²) in [5.74, 6) is 1.47. The van der Waals surface area contributed by atoms with Gasteiger partial charge < -0.3 is 14.7 Å². The van der Waals surface area contributed by atoms with Gasteiger partial charge in [0.1, 0.15) is 12.1 Å². The fourth-order valence-electron chi connectivity index (χ4n) is 4.18. The van der Waals surface area contributed by atoms with Crippen molar-refractivity contribution < 1.29 is 4.79 Å². The molecule has 0 spiro atoms. The molecule has 4 heterocycles. The molecule has 0 unspecified atom stereocenters. The fourth-order valence-corrected chi connectivity index (χ4v) is 4.18. The van der Waals surface area contributed by atoms with Gasteiger partial charge in [-0.1, -0.05) is 0 Å². The zero-order valence-electron chi connectivity index (χ0n) is 13.9. The maximum absolute atomic E-state index is 11.9. The number of piperidine rings is 1. The number of anilines is 1. The highest BCUT2D eigenvalue weighted by atomic mass is 16.2. The monoisotopic (exact) mass is 315 g/mol. The number of likely N-dealkylation sites (tertiary alicyclic amines) is 1. The van der Waals surface area contributed by atoms with Gasteiger partial charge in [0.05, 0.1) is 5.69 Å². The smallest absolute Gasteiger partial charge is 0.222 e. The summed E-state index contributed by atoms with van der Waals surface area (Å²) in [7, 11) is 2.16. The van der Waals surface area contributed by atoms with E-state index in [0.29, 0.717) is 11.9 Å². The number of likely N-dealkylation sites (N-methyl/N-ethyl adjacent to an activating group) is 1. The lowest BCUT2D eigenvalue weighted by molar-refractivity contribution is -0.130. The van der Waals surface area contributed by atoms with Gasteiger partial charge in [-0.2, -0.15) is 0 Å². The van der Waals surface area contributed by atoms with Crippen molar-refractivity contribution in [3.05, 3.63) is 17.6 Å². The van der Waals surface area contributed by atoms with Crippen molar-refractivity contribution in [3.63, 3.8) is 0 Å². The van der Waals surface area contributed by atoms with Gasteiger partial charge in [0.2, 0.25) is 5.91 Å². The van der Waals surface area contributed by atoms with Crippen molar-refractivity contribution in [1.29, 1.82) is 0 Å². The van der Waals surface area contributed by atoms with Gasteiger partial charge in [0, 0.05) is 57.2 Å². The SMILES string of the molecule is CN1CCc2ncnc(N3CCC(N4CCCC4=O)CC3)c2C1. The molecule has 0 aromatic carbocycles. The highest BCUT2D eigenvalue weighted by Gasteiger charge is 2.32. The van der Waals surface area contributed by atoms with Crippen molar-refractivity contribution >= 4 is 11.7 Å². The molecule has 0 atom stereocenters. The number of rotatable bonds is 2. The molecule has 1 amide bonds. The normalized spacial score (nSPS) is 23.4. The van der Waals surface area contributed by atoms with Crippen LogP contribution >= 0.6 is 0 Å². The number of fused-ring (bicyclic) bond motifs is 1. The Kier molecular flexibility index (Phi) is 3.93. The van der Waals surface area contributed by atoms with E-state index in [4.69, 9.17) is 0 Å². The van der Waals surface area contributed by atoms with Crippen LogP contribution in [0.1, 0.15) is 36.9 Å². The quantitative estimate of drug-likeness (QED) is 0.817. The summed E-state index contributed by atoms with van der Waals surface area (Å²) in [4.78, 5) is 27.9. The molecule has 2 fully saturated rings. The Morgan fingerprint density at radius 2 is 1.91 bits per heavy atom. The van der Waals surface area contributed by atoms with E-state index in [1.54, 1.807) is 6.33 Å². The number of hydrogen-bond donors (Lipinski definition) is 0. The van der Waals surface area contributed by atoms with E-state index < -0.39 is 0 Å². The van der Waals surface area contributed by atoms with E-state index in [9.17, 15) is 4.79 Å². The maximum atomic E-state index is 11.9. The van der Waals surface area contributed by atoms with Gasteiger partial charge >= 0.3 is 0 Å². The number of carbonyl (C=O) groups is 1. The van der Waals surface area contributed by atoms with Crippen LogP contribution in [0.5, 0.6) is 0 Å². The lowest BCUT2D eigenvalue weighted by Crippen LogP contribution is -2.46. The maximum Gasteiger partial charge on any atom is 0.222 e. The highest BCUT2D eigenvalue weighted by molar-refractivity contribution is 5.78. The molecule has 23 heavy (non-hydrogen) atoms. The molecule has 3 aliphatic heterocycles. The first kappa shape index (κ1) is 14.9. The molecular formula is C17H25N5O. The van der Waals surface area contributed by atoms with E-state index in [2.05, 4.69) is 31.7 Å². The minimum atomic E-state index is 0.351. The lowest BCUT2D eigenvalue weighted by atomic mass is 10.0. The van der Waals surface area contributed by atoms with Crippen molar-refractivity contribution in [2.24, 2.45) is 0 Å². The van der Waals surface area contributed by atoms with Crippen LogP contribution in [0.15, 0.2) is 6.33 Å². The second-order valence-electron chi connectivity index (χ2n) is 7.02. The zero-order chi connectivity index (χ0) is 15.8. The lowest BCUT2D eigenvalue weighted by Gasteiger charge is -2.38. The van der Waals surface area contributed by atoms with Crippen molar-refractivity contribution in [2.75, 3.05) is 38.1 Å². The Morgan fingerprint density at radius 3 is 2.65 bits per heavy atom. The molecule has 2 saturated heterocycles. The summed E-state index contributed by atoms with van der Waals surface area (Å²) in [6.45, 7) is 4.94. The van der Waals surface area contributed by atoms with Gasteiger partial charge in [-0.05, 0) is 26.3 Å². The van der Waals surface area contributed by atoms with Crippen LogP contribution in [-0.4, -0.2) is 64.9 Å². The Bertz CT molecular complexity index is 597. The molecule has 0 radical (unpaired) electrons. The molecule has 4 rings (SSSR count). The Labute approximate surface area is 137 Å². The molecule has 124 valence electrons. The Hall–Kier alpha value is -1.69. The van der Waals surface area contributed by atoms with Gasteiger partial charge in [0.15, 0.2) is 0 Å². The Morgan fingerprint density at radius 1 is 1.09 bits per heavy atom. The first-order valence-corrected chi connectivity index (χ1v) is 8.78. The minimum absolute atomic E-state index is 0.351. The average Bonchev–Trinajstić information content (AvgIpc) is 3.00. The highest BCUT2D eigenvalue weighted by Crippen LogP contribution is 2.29. The van der Waals surface area contributed by atoms with Crippen LogP contribution in [0, 0.1) is 0 Å². The summed E-state index contributed by atoms with van der Waals surface area (Å²) in [5.41, 5.74) is 2.52. The molecule has 6 heteroatoms. The largest absolute Gasteiger partial charge is 0.356 e. The predicted molar refractivity (Wildman–Crippen MR) is 88.3 cm³/mol. The second kappa shape index (κ2) is 6.07. The summed E-state index contributed by atoms with van der Waals surface area (Å²) in [6, 6.07) is 0.432. The van der Waals surface area contributed by atoms with Gasteiger partial charge in [-0.25, -0.2) is 9.97 Å². The zero-order valence-corrected chi connectivity index (χ0v) is 13.9. The van der Waals surface area contributed by atoms with Gasteiger partial charge in [0.25, 0.3) is 0 Å². The summed E-state index contributed by atoms with van der Waals surface area (Å²) in [6.07, 6.45) is 6.62. The topological polar surface area (TPSA) is 52.6 Å². The predicted octanol–water partition coefficient (Wildman–Crippen LogP) is 1.06. The van der Waals surface area contributed by atoms with Crippen molar-refractivity contribution in [1.82, 2.24) is 19.8 Å². The van der Waals surface area contributed by atoms with E-state index in [0.717, 1.165) is 70.6 Å². The van der Waals surface area contributed by atoms with Crippen LogP contribution in [0.4, 0.5) is 5.82 Å². The molecule has 0 N–H and O–H groups in total. The van der Waals surface area contributed by atoms with Crippen LogP contribution in [0.25, 0.3) is 0 Å². The number of amides is 1. The van der Waals surface area contributed by atoms with E-state index in [-0.39, 0.29) is 0 Å². The standard InChI is InChI=1S/C17H25N5O/c1-20-8-6-15-14(11-20)17(19-12-18-15)21-9-4-13(5-10-21)22-7-2-3-16(22)23/h12-13H,2-11H2,1H3. The van der Waals surface area contributed by atoms with E-state index >= 15 is 0 Å². The van der Waals surface area contributed by atoms with E-state index in [1.165, 1.54) is 11.3 Å². The second-order valence-corrected chi connectivity index (χ2v) is 7.02. The number of hydrogen-bond acceptors (Lipinski definition) is 5. The molecular weight excluding hydrogens is 290 g/mol. The third-order valence-electron chi connectivity index (χ3n) is 5.49. The first-order valence-electron chi connectivity index (χ1n) is 8.78. The third-order valence-corrected chi connectivity index (χ3v) is 5.49. The molecule has 6 nitrogen and oxygen atoms in total. The van der Waals surface area contributed by atoms with Crippen molar-refractivity contribution in [3.8, 4) is 0 Å². The molecule has 0 saturated carbocycles. The molecule has 1 aromatic rings. The number of aromatic nitrogens is 2. The summed E-state index contributed by atoms with van der Waals surface area (Å²) in [5, 5.41) is 0. The third kappa shape index (κ3) is 2.80. The van der Waals surface area contributed by atoms with Gasteiger partial charge in [-0.15, -0.1) is 0 Å². The van der Waals surface area contributed by atoms with E-state index in [1.807, 2.05) is 0 Å². The summed E-state index contributed by atoms with van der Waals surface area (Å²) >= 11 is 0. The van der Waals surface area contributed by atoms with Crippen LogP contribution in [0.3, 0.4) is 0 Å². The minimum Gasteiger partial charge on any atom is -0.356 e. The number of nitrogens with zero attached hydrogens (tertiary/aromatic N) is 5. The Balaban J connectivity index is 1.48. The molecule has 3 aliphatic rings. The molecule has 0 aliphatic carbocycles.